The smallest absolute Gasteiger partial charge is 0.136 e. The molecule has 9 aromatic carbocycles. The highest BCUT2D eigenvalue weighted by molar-refractivity contribution is 6.22. The molecule has 0 aliphatic heterocycles. The van der Waals surface area contributed by atoms with Crippen molar-refractivity contribution in [1.82, 2.24) is 0 Å². The second kappa shape index (κ2) is 10.8. The van der Waals surface area contributed by atoms with Crippen LogP contribution in [0.5, 0.6) is 0 Å². The van der Waals surface area contributed by atoms with Gasteiger partial charge in [-0.1, -0.05) is 153 Å². The van der Waals surface area contributed by atoms with Crippen molar-refractivity contribution >= 4 is 54.3 Å². The fourth-order valence-electron chi connectivity index (χ4n) is 9.14. The molecule has 0 fully saturated rings. The van der Waals surface area contributed by atoms with E-state index in [0.29, 0.717) is 0 Å². The molecule has 0 unspecified atom stereocenters. The lowest BCUT2D eigenvalue weighted by molar-refractivity contribution is 0.657. The molecule has 0 spiro atoms. The van der Waals surface area contributed by atoms with Crippen LogP contribution < -0.4 is 0 Å². The number of rotatable bonds is 3. The summed E-state index contributed by atoms with van der Waals surface area (Å²) >= 11 is 0. The standard InChI is InChI=1S/C51H34O/c1-51(2)43-26-27-45-50(49(43)42-28-34-14-6-7-15-35(34)29-44(42)51)41-25-24-36(30-46(41)52-45)48-39-18-10-8-16-37(39)47(38-17-9-11-19-40(38)48)33-22-20-32(21-23-33)31-12-4-3-5-13-31/h3-30H,1-2H3. The summed E-state index contributed by atoms with van der Waals surface area (Å²) in [7, 11) is 0. The lowest BCUT2D eigenvalue weighted by Crippen LogP contribution is -2.14. The summed E-state index contributed by atoms with van der Waals surface area (Å²) in [6.45, 7) is 4.71. The van der Waals surface area contributed by atoms with Gasteiger partial charge in [-0.25, -0.2) is 0 Å². The van der Waals surface area contributed by atoms with Gasteiger partial charge in [-0.15, -0.1) is 0 Å². The summed E-state index contributed by atoms with van der Waals surface area (Å²) in [6, 6.07) is 62.2. The van der Waals surface area contributed by atoms with Crippen LogP contribution in [-0.2, 0) is 5.41 Å². The van der Waals surface area contributed by atoms with E-state index in [2.05, 4.69) is 184 Å². The van der Waals surface area contributed by atoms with Crippen molar-refractivity contribution in [2.24, 2.45) is 0 Å². The van der Waals surface area contributed by atoms with E-state index in [1.165, 1.54) is 87.8 Å². The van der Waals surface area contributed by atoms with Crippen LogP contribution in [0.3, 0.4) is 0 Å². The van der Waals surface area contributed by atoms with Gasteiger partial charge in [0, 0.05) is 16.2 Å². The average Bonchev–Trinajstić information content (AvgIpc) is 3.67. The molecule has 0 amide bonds. The van der Waals surface area contributed by atoms with Crippen molar-refractivity contribution < 1.29 is 4.42 Å². The predicted octanol–water partition coefficient (Wildman–Crippen LogP) is 14.4. The Kier molecular flexibility index (Phi) is 6.08. The Balaban J connectivity index is 1.12. The maximum atomic E-state index is 6.78. The molecule has 0 bridgehead atoms. The quantitative estimate of drug-likeness (QED) is 0.172. The van der Waals surface area contributed by atoms with E-state index in [0.717, 1.165) is 22.1 Å². The Morgan fingerprint density at radius 1 is 0.365 bits per heavy atom. The van der Waals surface area contributed by atoms with Crippen LogP contribution in [0, 0.1) is 0 Å². The third-order valence-corrected chi connectivity index (χ3v) is 11.6. The Hall–Kier alpha value is -6.44. The number of benzene rings is 9. The molecule has 1 heteroatoms. The summed E-state index contributed by atoms with van der Waals surface area (Å²) < 4.78 is 6.78. The van der Waals surface area contributed by atoms with Crippen LogP contribution in [0.1, 0.15) is 25.0 Å². The minimum atomic E-state index is -0.103. The lowest BCUT2D eigenvalue weighted by Gasteiger charge is -2.21. The van der Waals surface area contributed by atoms with Crippen LogP contribution in [0.15, 0.2) is 174 Å². The molecule has 244 valence electrons. The summed E-state index contributed by atoms with van der Waals surface area (Å²) in [4.78, 5) is 0. The molecule has 1 heterocycles. The highest BCUT2D eigenvalue weighted by Crippen LogP contribution is 2.54. The summed E-state index contributed by atoms with van der Waals surface area (Å²) in [5, 5.41) is 9.90. The minimum absolute atomic E-state index is 0.103. The van der Waals surface area contributed by atoms with Crippen LogP contribution in [0.2, 0.25) is 0 Å². The molecule has 52 heavy (non-hydrogen) atoms. The topological polar surface area (TPSA) is 13.1 Å². The molecule has 1 nitrogen and oxygen atoms in total. The third kappa shape index (κ3) is 4.11. The number of hydrogen-bond acceptors (Lipinski definition) is 1. The second-order valence-electron chi connectivity index (χ2n) is 14.8. The summed E-state index contributed by atoms with van der Waals surface area (Å²) in [5.74, 6) is 0. The van der Waals surface area contributed by atoms with Crippen molar-refractivity contribution in [2.75, 3.05) is 0 Å². The number of furan rings is 1. The van der Waals surface area contributed by atoms with Gasteiger partial charge in [-0.3, -0.25) is 0 Å². The first kappa shape index (κ1) is 29.3. The maximum absolute atomic E-state index is 6.78. The molecule has 0 saturated heterocycles. The molecule has 0 atom stereocenters. The molecule has 0 radical (unpaired) electrons. The van der Waals surface area contributed by atoms with E-state index in [1.54, 1.807) is 0 Å². The molecule has 0 N–H and O–H groups in total. The van der Waals surface area contributed by atoms with Gasteiger partial charge in [0.2, 0.25) is 0 Å². The van der Waals surface area contributed by atoms with Crippen LogP contribution >= 0.6 is 0 Å². The zero-order chi connectivity index (χ0) is 34.6. The first-order chi connectivity index (χ1) is 25.5. The Morgan fingerprint density at radius 3 is 1.58 bits per heavy atom. The molecule has 11 rings (SSSR count). The molecule has 1 aliphatic rings. The van der Waals surface area contributed by atoms with Crippen molar-refractivity contribution in [3.05, 3.63) is 181 Å². The van der Waals surface area contributed by atoms with Gasteiger partial charge in [-0.2, -0.15) is 0 Å². The van der Waals surface area contributed by atoms with Gasteiger partial charge in [0.15, 0.2) is 0 Å². The van der Waals surface area contributed by atoms with Gasteiger partial charge in [-0.05, 0) is 118 Å². The van der Waals surface area contributed by atoms with E-state index in [-0.39, 0.29) is 5.41 Å². The van der Waals surface area contributed by atoms with E-state index in [9.17, 15) is 0 Å². The van der Waals surface area contributed by atoms with Crippen molar-refractivity contribution in [3.8, 4) is 44.5 Å². The van der Waals surface area contributed by atoms with E-state index in [4.69, 9.17) is 4.42 Å². The predicted molar refractivity (Wildman–Crippen MR) is 220 cm³/mol. The third-order valence-electron chi connectivity index (χ3n) is 11.6. The molecular formula is C51H34O. The zero-order valence-corrected chi connectivity index (χ0v) is 29.1. The Morgan fingerprint density at radius 2 is 0.904 bits per heavy atom. The largest absolute Gasteiger partial charge is 0.456 e. The maximum Gasteiger partial charge on any atom is 0.136 e. The fourth-order valence-corrected chi connectivity index (χ4v) is 9.14. The van der Waals surface area contributed by atoms with Crippen molar-refractivity contribution in [2.45, 2.75) is 19.3 Å². The lowest BCUT2D eigenvalue weighted by atomic mass is 9.81. The average molecular weight is 663 g/mol. The van der Waals surface area contributed by atoms with Gasteiger partial charge in [0.25, 0.3) is 0 Å². The summed E-state index contributed by atoms with van der Waals surface area (Å²) in [6.07, 6.45) is 0. The molecule has 10 aromatic rings. The molecule has 1 aliphatic carbocycles. The Labute approximate surface area is 302 Å². The molecular weight excluding hydrogens is 629 g/mol. The van der Waals surface area contributed by atoms with Crippen LogP contribution in [-0.4, -0.2) is 0 Å². The zero-order valence-electron chi connectivity index (χ0n) is 29.1. The first-order valence-electron chi connectivity index (χ1n) is 18.2. The fraction of sp³-hybridized carbons (Fsp3) is 0.0588. The molecule has 1 aromatic heterocycles. The monoisotopic (exact) mass is 662 g/mol. The number of hydrogen-bond donors (Lipinski definition) is 0. The summed E-state index contributed by atoms with van der Waals surface area (Å²) in [5.41, 5.74) is 14.5. The highest BCUT2D eigenvalue weighted by Gasteiger charge is 2.37. The normalized spacial score (nSPS) is 13.3. The van der Waals surface area contributed by atoms with Crippen molar-refractivity contribution in [3.63, 3.8) is 0 Å². The first-order valence-corrected chi connectivity index (χ1v) is 18.2. The van der Waals surface area contributed by atoms with Crippen molar-refractivity contribution in [1.29, 1.82) is 0 Å². The van der Waals surface area contributed by atoms with Crippen LogP contribution in [0.25, 0.3) is 98.8 Å². The minimum Gasteiger partial charge on any atom is -0.456 e. The second-order valence-corrected chi connectivity index (χ2v) is 14.8. The van der Waals surface area contributed by atoms with Gasteiger partial charge in [0.05, 0.1) is 0 Å². The van der Waals surface area contributed by atoms with Gasteiger partial charge >= 0.3 is 0 Å². The van der Waals surface area contributed by atoms with E-state index >= 15 is 0 Å². The van der Waals surface area contributed by atoms with Gasteiger partial charge in [0.1, 0.15) is 11.2 Å². The Bertz CT molecular complexity index is 3010. The van der Waals surface area contributed by atoms with E-state index < -0.39 is 0 Å². The highest BCUT2D eigenvalue weighted by atomic mass is 16.3. The van der Waals surface area contributed by atoms with Crippen LogP contribution in [0.4, 0.5) is 0 Å². The van der Waals surface area contributed by atoms with E-state index in [1.807, 2.05) is 0 Å². The number of fused-ring (bicyclic) bond motifs is 10. The van der Waals surface area contributed by atoms with Gasteiger partial charge < -0.3 is 4.42 Å². The molecule has 0 saturated carbocycles. The SMILES string of the molecule is CC1(C)c2cc3ccccc3cc2-c2c1ccc1oc3cc(-c4c5ccccc5c(-c5ccc(-c6ccccc6)cc5)c5ccccc45)ccc3c21.